The quantitative estimate of drug-likeness (QED) is 0.471. The zero-order valence-corrected chi connectivity index (χ0v) is 21.3. The number of benzene rings is 2. The highest BCUT2D eigenvalue weighted by Gasteiger charge is 2.27. The molecule has 184 valence electrons. The molecule has 5 heteroatoms. The summed E-state index contributed by atoms with van der Waals surface area (Å²) in [4.78, 5) is 16.3. The number of fused-ring (bicyclic) bond motifs is 2. The van der Waals surface area contributed by atoms with Crippen molar-refractivity contribution in [3.8, 4) is 11.3 Å². The fourth-order valence-corrected chi connectivity index (χ4v) is 6.02. The largest absolute Gasteiger partial charge is 0.478 e. The van der Waals surface area contributed by atoms with Crippen LogP contribution < -0.4 is 0 Å². The summed E-state index contributed by atoms with van der Waals surface area (Å²) < 4.78 is 2.36. The molecule has 3 aromatic rings. The molecule has 0 amide bonds. The van der Waals surface area contributed by atoms with Crippen LogP contribution in [0.15, 0.2) is 48.7 Å². The molecule has 1 N–H and O–H groups in total. The van der Waals surface area contributed by atoms with Crippen molar-refractivity contribution in [2.24, 2.45) is 0 Å². The second-order valence-corrected chi connectivity index (χ2v) is 10.6. The number of likely N-dealkylation sites (N-methyl/N-ethyl adjacent to an activating group) is 1. The van der Waals surface area contributed by atoms with E-state index in [2.05, 4.69) is 53.1 Å². The topological polar surface area (TPSA) is 48.7 Å². The maximum Gasteiger partial charge on any atom is 0.335 e. The zero-order chi connectivity index (χ0) is 24.5. The lowest BCUT2D eigenvalue weighted by Crippen LogP contribution is -2.26. The molecular formula is C30H37N3O2. The number of rotatable bonds is 6. The number of carboxylic acid groups (broad SMARTS) is 1. The van der Waals surface area contributed by atoms with Gasteiger partial charge in [0.25, 0.3) is 0 Å². The Morgan fingerprint density at radius 2 is 1.89 bits per heavy atom. The van der Waals surface area contributed by atoms with Gasteiger partial charge in [-0.05, 0) is 85.0 Å². The molecule has 2 heterocycles. The Kier molecular flexibility index (Phi) is 6.70. The van der Waals surface area contributed by atoms with E-state index < -0.39 is 5.97 Å². The zero-order valence-electron chi connectivity index (χ0n) is 21.3. The summed E-state index contributed by atoms with van der Waals surface area (Å²) in [5, 5.41) is 11.0. The molecule has 5 rings (SSSR count). The first-order chi connectivity index (χ1) is 16.9. The van der Waals surface area contributed by atoms with Crippen molar-refractivity contribution in [1.82, 2.24) is 14.4 Å². The normalized spacial score (nSPS) is 17.2. The van der Waals surface area contributed by atoms with Crippen molar-refractivity contribution in [1.29, 1.82) is 0 Å². The summed E-state index contributed by atoms with van der Waals surface area (Å²) in [5.41, 5.74) is 8.19. The maximum absolute atomic E-state index is 11.9. The van der Waals surface area contributed by atoms with Crippen molar-refractivity contribution in [3.63, 3.8) is 0 Å². The van der Waals surface area contributed by atoms with Crippen molar-refractivity contribution in [2.75, 3.05) is 27.7 Å². The third-order valence-electron chi connectivity index (χ3n) is 7.74. The standard InChI is InChI=1S/C30H37N3O2/c1-31(2)15-7-16-33-27-19-24(30(34)35)12-13-26(27)28(22-8-5-4-6-9-22)29(33)23-11-10-21-14-17-32(3)20-25(21)18-23/h7,10-13,15,18-19,22H,4-6,8-9,14,16-17,20H2,1-3H3,(H,34,35)/b15-7+. The summed E-state index contributed by atoms with van der Waals surface area (Å²) in [6.07, 6.45) is 11.6. The van der Waals surface area contributed by atoms with Gasteiger partial charge in [-0.1, -0.05) is 37.5 Å². The molecular weight excluding hydrogens is 434 g/mol. The maximum atomic E-state index is 11.9. The minimum absolute atomic E-state index is 0.349. The highest BCUT2D eigenvalue weighted by Crippen LogP contribution is 2.44. The van der Waals surface area contributed by atoms with Crippen LogP contribution in [0.2, 0.25) is 0 Å². The first-order valence-electron chi connectivity index (χ1n) is 13.0. The second kappa shape index (κ2) is 9.90. The van der Waals surface area contributed by atoms with Crippen molar-refractivity contribution in [3.05, 3.63) is 70.9 Å². The summed E-state index contributed by atoms with van der Waals surface area (Å²) in [6, 6.07) is 12.7. The Morgan fingerprint density at radius 1 is 1.09 bits per heavy atom. The van der Waals surface area contributed by atoms with E-state index in [1.165, 1.54) is 65.4 Å². The molecule has 5 nitrogen and oxygen atoms in total. The van der Waals surface area contributed by atoms with Gasteiger partial charge in [0.15, 0.2) is 0 Å². The van der Waals surface area contributed by atoms with Crippen LogP contribution in [0.1, 0.15) is 65.1 Å². The Bertz CT molecular complexity index is 1260. The molecule has 1 aromatic heterocycles. The van der Waals surface area contributed by atoms with Crippen LogP contribution in [0.4, 0.5) is 0 Å². The molecule has 1 saturated carbocycles. The van der Waals surface area contributed by atoms with E-state index in [9.17, 15) is 9.90 Å². The van der Waals surface area contributed by atoms with Crippen molar-refractivity contribution >= 4 is 16.9 Å². The Hall–Kier alpha value is -3.05. The average Bonchev–Trinajstić information content (AvgIpc) is 3.17. The first-order valence-corrected chi connectivity index (χ1v) is 13.0. The van der Waals surface area contributed by atoms with Crippen molar-refractivity contribution < 1.29 is 9.90 Å². The number of allylic oxidation sites excluding steroid dienone is 1. The molecule has 1 aliphatic heterocycles. The predicted octanol–water partition coefficient (Wildman–Crippen LogP) is 6.12. The van der Waals surface area contributed by atoms with E-state index in [4.69, 9.17) is 0 Å². The molecule has 0 atom stereocenters. The number of aromatic nitrogens is 1. The highest BCUT2D eigenvalue weighted by atomic mass is 16.4. The van der Waals surface area contributed by atoms with Crippen LogP contribution in [-0.4, -0.2) is 53.1 Å². The predicted molar refractivity (Wildman–Crippen MR) is 143 cm³/mol. The molecule has 0 saturated heterocycles. The van der Waals surface area contributed by atoms with E-state index in [0.717, 1.165) is 25.0 Å². The molecule has 0 bridgehead atoms. The summed E-state index contributed by atoms with van der Waals surface area (Å²) in [5.74, 6) is -0.365. The monoisotopic (exact) mass is 471 g/mol. The summed E-state index contributed by atoms with van der Waals surface area (Å²) in [6.45, 7) is 2.79. The van der Waals surface area contributed by atoms with Crippen LogP contribution in [0, 0.1) is 0 Å². The fourth-order valence-electron chi connectivity index (χ4n) is 6.02. The number of hydrogen-bond acceptors (Lipinski definition) is 3. The fraction of sp³-hybridized carbons (Fsp3) is 0.433. The minimum atomic E-state index is -0.874. The summed E-state index contributed by atoms with van der Waals surface area (Å²) >= 11 is 0. The summed E-state index contributed by atoms with van der Waals surface area (Å²) in [7, 11) is 6.25. The number of carboxylic acids is 1. The molecule has 0 radical (unpaired) electrons. The van der Waals surface area contributed by atoms with Gasteiger partial charge in [0.05, 0.1) is 11.3 Å². The van der Waals surface area contributed by atoms with Crippen LogP contribution in [-0.2, 0) is 19.5 Å². The lowest BCUT2D eigenvalue weighted by Gasteiger charge is -2.27. The number of nitrogens with zero attached hydrogens (tertiary/aromatic N) is 3. The van der Waals surface area contributed by atoms with Crippen LogP contribution in [0.5, 0.6) is 0 Å². The van der Waals surface area contributed by atoms with E-state index >= 15 is 0 Å². The Balaban J connectivity index is 1.76. The van der Waals surface area contributed by atoms with Gasteiger partial charge in [-0.3, -0.25) is 0 Å². The molecule has 2 aliphatic rings. The van der Waals surface area contributed by atoms with Gasteiger partial charge < -0.3 is 19.5 Å². The lowest BCUT2D eigenvalue weighted by molar-refractivity contribution is 0.0697. The van der Waals surface area contributed by atoms with E-state index in [0.29, 0.717) is 18.0 Å². The third-order valence-corrected chi connectivity index (χ3v) is 7.74. The van der Waals surface area contributed by atoms with Gasteiger partial charge in [0.2, 0.25) is 0 Å². The molecule has 1 fully saturated rings. The molecule has 0 unspecified atom stereocenters. The number of hydrogen-bond donors (Lipinski definition) is 1. The van der Waals surface area contributed by atoms with Gasteiger partial charge in [0.1, 0.15) is 0 Å². The van der Waals surface area contributed by atoms with Gasteiger partial charge in [-0.25, -0.2) is 4.79 Å². The SMILES string of the molecule is CN(C)/C=C/Cn1c(-c2ccc3c(c2)CN(C)CC3)c(C2CCCCC2)c2ccc(C(=O)O)cc21. The molecule has 35 heavy (non-hydrogen) atoms. The van der Waals surface area contributed by atoms with Crippen molar-refractivity contribution in [2.45, 2.75) is 57.5 Å². The van der Waals surface area contributed by atoms with Crippen LogP contribution in [0.25, 0.3) is 22.2 Å². The van der Waals surface area contributed by atoms with Crippen LogP contribution in [0.3, 0.4) is 0 Å². The highest BCUT2D eigenvalue weighted by molar-refractivity contribution is 5.98. The average molecular weight is 472 g/mol. The number of carbonyl (C=O) groups is 1. The first kappa shape index (κ1) is 23.7. The van der Waals surface area contributed by atoms with Gasteiger partial charge in [0, 0.05) is 44.6 Å². The molecule has 1 aliphatic carbocycles. The van der Waals surface area contributed by atoms with E-state index in [1.807, 2.05) is 25.1 Å². The second-order valence-electron chi connectivity index (χ2n) is 10.6. The number of aromatic carboxylic acids is 1. The third kappa shape index (κ3) is 4.74. The smallest absolute Gasteiger partial charge is 0.335 e. The molecule has 0 spiro atoms. The van der Waals surface area contributed by atoms with Crippen LogP contribution >= 0.6 is 0 Å². The Morgan fingerprint density at radius 3 is 2.63 bits per heavy atom. The van der Waals surface area contributed by atoms with E-state index in [-0.39, 0.29) is 0 Å². The van der Waals surface area contributed by atoms with E-state index in [1.54, 1.807) is 6.07 Å². The lowest BCUT2D eigenvalue weighted by atomic mass is 9.81. The van der Waals surface area contributed by atoms with Gasteiger partial charge in [-0.2, -0.15) is 0 Å². The minimum Gasteiger partial charge on any atom is -0.478 e. The Labute approximate surface area is 208 Å². The van der Waals surface area contributed by atoms with Gasteiger partial charge in [-0.15, -0.1) is 0 Å². The van der Waals surface area contributed by atoms with Gasteiger partial charge >= 0.3 is 5.97 Å². The molecule has 2 aromatic carbocycles.